The quantitative estimate of drug-likeness (QED) is 0.157. The zero-order valence-electron chi connectivity index (χ0n) is 13.8. The van der Waals surface area contributed by atoms with Crippen LogP contribution in [0.1, 0.15) is 5.69 Å². The van der Waals surface area contributed by atoms with Crippen molar-refractivity contribution in [2.24, 2.45) is 0 Å². The number of nitriles is 1. The van der Waals surface area contributed by atoms with Crippen molar-refractivity contribution in [3.05, 3.63) is 64.4 Å². The van der Waals surface area contributed by atoms with E-state index in [1.807, 2.05) is 0 Å². The minimum absolute atomic E-state index is 0.00822. The van der Waals surface area contributed by atoms with Crippen LogP contribution < -0.4 is 0 Å². The maximum Gasteiger partial charge on any atom is 0.308 e. The fourth-order valence-electron chi connectivity index (χ4n) is 2.66. The molecule has 4 aromatic rings. The van der Waals surface area contributed by atoms with E-state index in [9.17, 15) is 22.0 Å². The van der Waals surface area contributed by atoms with Gasteiger partial charge < -0.3 is 4.85 Å². The van der Waals surface area contributed by atoms with E-state index in [1.54, 1.807) is 6.07 Å². The fraction of sp³-hybridized carbons (Fsp3) is 0. The molecule has 11 heteroatoms. The number of benzene rings is 2. The lowest BCUT2D eigenvalue weighted by molar-refractivity contribution is 0.381. The summed E-state index contributed by atoms with van der Waals surface area (Å²) in [4.78, 5) is 19.0. The van der Waals surface area contributed by atoms with Crippen LogP contribution in [0.3, 0.4) is 0 Å². The summed E-state index contributed by atoms with van der Waals surface area (Å²) in [5.74, 6) is -10.7. The van der Waals surface area contributed by atoms with E-state index in [0.717, 1.165) is 12.1 Å². The average molecular weight is 398 g/mol. The van der Waals surface area contributed by atoms with Crippen molar-refractivity contribution in [2.45, 2.75) is 0 Å². The molecule has 0 spiro atoms. The van der Waals surface area contributed by atoms with Crippen LogP contribution in [0.25, 0.3) is 38.3 Å². The second-order valence-electron chi connectivity index (χ2n) is 5.64. The molecular formula is C18H3F5N6. The first-order valence-electron chi connectivity index (χ1n) is 7.64. The molecule has 0 N–H and O–H groups in total. The molecule has 0 radical (unpaired) electrons. The maximum absolute atomic E-state index is 14.1. The summed E-state index contributed by atoms with van der Waals surface area (Å²) < 4.78 is 68.4. The molecule has 0 amide bonds. The summed E-state index contributed by atoms with van der Waals surface area (Å²) in [6.07, 6.45) is 0. The van der Waals surface area contributed by atoms with Gasteiger partial charge in [0, 0.05) is 0 Å². The molecule has 0 unspecified atom stereocenters. The Bertz CT molecular complexity index is 1410. The van der Waals surface area contributed by atoms with Gasteiger partial charge in [-0.2, -0.15) is 5.26 Å². The van der Waals surface area contributed by atoms with Gasteiger partial charge in [0.05, 0.1) is 16.6 Å². The largest absolute Gasteiger partial charge is 0.358 e. The average Bonchev–Trinajstić information content (AvgIpc) is 2.73. The zero-order chi connectivity index (χ0) is 20.9. The molecule has 0 fully saturated rings. The summed E-state index contributed by atoms with van der Waals surface area (Å²) >= 11 is 0. The van der Waals surface area contributed by atoms with Gasteiger partial charge in [0.2, 0.25) is 11.5 Å². The van der Waals surface area contributed by atoms with Gasteiger partial charge in [0.25, 0.3) is 5.65 Å². The second kappa shape index (κ2) is 6.42. The van der Waals surface area contributed by atoms with Gasteiger partial charge in [-0.25, -0.2) is 36.9 Å². The third-order valence-electron chi connectivity index (χ3n) is 3.98. The molecule has 0 aliphatic rings. The molecular weight excluding hydrogens is 395 g/mol. The molecule has 0 saturated carbocycles. The lowest BCUT2D eigenvalue weighted by Gasteiger charge is -2.09. The van der Waals surface area contributed by atoms with E-state index in [-0.39, 0.29) is 39.4 Å². The second-order valence-corrected chi connectivity index (χ2v) is 5.64. The van der Waals surface area contributed by atoms with Crippen LogP contribution >= 0.6 is 0 Å². The highest BCUT2D eigenvalue weighted by molar-refractivity contribution is 5.87. The predicted octanol–water partition coefficient (Wildman–Crippen LogP) is 4.36. The Morgan fingerprint density at radius 1 is 0.793 bits per heavy atom. The molecule has 6 nitrogen and oxygen atoms in total. The zero-order valence-corrected chi connectivity index (χ0v) is 13.8. The van der Waals surface area contributed by atoms with Gasteiger partial charge >= 0.3 is 5.82 Å². The van der Waals surface area contributed by atoms with E-state index in [0.29, 0.717) is 0 Å². The first-order valence-corrected chi connectivity index (χ1v) is 7.64. The molecule has 2 aromatic heterocycles. The van der Waals surface area contributed by atoms with Crippen LogP contribution in [0.15, 0.2) is 18.2 Å². The first-order chi connectivity index (χ1) is 13.8. The first kappa shape index (κ1) is 18.1. The highest BCUT2D eigenvalue weighted by atomic mass is 19.2. The molecule has 140 valence electrons. The number of rotatable bonds is 1. The molecule has 0 bridgehead atoms. The fourth-order valence-corrected chi connectivity index (χ4v) is 2.66. The van der Waals surface area contributed by atoms with Gasteiger partial charge in [0.15, 0.2) is 29.0 Å². The number of nitrogens with zero attached hydrogens (tertiary/aromatic N) is 6. The van der Waals surface area contributed by atoms with E-state index in [4.69, 9.17) is 11.8 Å². The number of hydrogen-bond donors (Lipinski definition) is 0. The molecule has 29 heavy (non-hydrogen) atoms. The summed E-state index contributed by atoms with van der Waals surface area (Å²) in [5.41, 5.74) is -1.70. The topological polar surface area (TPSA) is 79.7 Å². The van der Waals surface area contributed by atoms with Crippen LogP contribution in [-0.4, -0.2) is 19.9 Å². The minimum atomic E-state index is -2.26. The van der Waals surface area contributed by atoms with E-state index in [2.05, 4.69) is 24.8 Å². The van der Waals surface area contributed by atoms with Crippen molar-refractivity contribution in [3.8, 4) is 17.2 Å². The third kappa shape index (κ3) is 2.68. The van der Waals surface area contributed by atoms with Gasteiger partial charge in [-0.15, -0.1) is 0 Å². The normalized spacial score (nSPS) is 10.9. The molecule has 0 aliphatic heterocycles. The van der Waals surface area contributed by atoms with Crippen molar-refractivity contribution < 1.29 is 22.0 Å². The number of fused-ring (bicyclic) bond motifs is 2. The molecule has 2 aromatic carbocycles. The Morgan fingerprint density at radius 3 is 2.00 bits per heavy atom. The lowest BCUT2D eigenvalue weighted by Crippen LogP contribution is -2.04. The molecule has 0 saturated heterocycles. The van der Waals surface area contributed by atoms with Crippen LogP contribution in [0.5, 0.6) is 0 Å². The van der Waals surface area contributed by atoms with Crippen LogP contribution in [0.2, 0.25) is 0 Å². The number of hydrogen-bond acceptors (Lipinski definition) is 5. The summed E-state index contributed by atoms with van der Waals surface area (Å²) in [6.45, 7) is 7.02. The highest BCUT2D eigenvalue weighted by Gasteiger charge is 2.27. The molecule has 0 atom stereocenters. The van der Waals surface area contributed by atoms with E-state index >= 15 is 0 Å². The van der Waals surface area contributed by atoms with E-state index < -0.39 is 34.6 Å². The summed E-state index contributed by atoms with van der Waals surface area (Å²) in [7, 11) is 0. The predicted molar refractivity (Wildman–Crippen MR) is 88.8 cm³/mol. The maximum atomic E-state index is 14.1. The Balaban J connectivity index is 2.00. The van der Waals surface area contributed by atoms with Gasteiger partial charge in [-0.1, -0.05) is 17.6 Å². The van der Waals surface area contributed by atoms with Crippen molar-refractivity contribution >= 4 is 28.1 Å². The Labute approximate surface area is 157 Å². The number of halogens is 5. The van der Waals surface area contributed by atoms with Crippen LogP contribution in [0.4, 0.5) is 27.8 Å². The van der Waals surface area contributed by atoms with Crippen molar-refractivity contribution in [2.75, 3.05) is 0 Å². The van der Waals surface area contributed by atoms with E-state index in [1.165, 1.54) is 6.07 Å². The summed E-state index contributed by atoms with van der Waals surface area (Å²) in [5, 5.41) is 9.00. The smallest absolute Gasteiger partial charge is 0.308 e. The van der Waals surface area contributed by atoms with Gasteiger partial charge in [0.1, 0.15) is 6.07 Å². The monoisotopic (exact) mass is 398 g/mol. The Morgan fingerprint density at radius 2 is 1.38 bits per heavy atom. The van der Waals surface area contributed by atoms with Crippen molar-refractivity contribution in [1.29, 1.82) is 5.26 Å². The van der Waals surface area contributed by atoms with Gasteiger partial charge in [-0.05, 0) is 17.7 Å². The number of aromatic nitrogens is 4. The lowest BCUT2D eigenvalue weighted by atomic mass is 10.0. The van der Waals surface area contributed by atoms with Crippen molar-refractivity contribution in [3.63, 3.8) is 0 Å². The Kier molecular flexibility index (Phi) is 4.01. The van der Waals surface area contributed by atoms with Crippen LogP contribution in [-0.2, 0) is 0 Å². The highest BCUT2D eigenvalue weighted by Crippen LogP contribution is 2.33. The molecule has 0 aliphatic carbocycles. The molecule has 2 heterocycles. The minimum Gasteiger partial charge on any atom is -0.358 e. The molecule has 4 rings (SSSR count). The van der Waals surface area contributed by atoms with Gasteiger partial charge in [-0.3, -0.25) is 0 Å². The van der Waals surface area contributed by atoms with Crippen LogP contribution in [0, 0.1) is 47.0 Å². The SMILES string of the molecule is [C-]#[N+]c1nc2nc3cc(-c4c(F)c(F)c(F)c(F)c4F)ccc3nc2nc1C#N. The standard InChI is InChI=1S/C18H3F5N6/c1-25-16-9(5-24)28-17-18(29-16)27-8-4-6(2-3-7(8)26-17)10-11(19)13(21)15(23)14(22)12(10)20/h2-4H. The summed E-state index contributed by atoms with van der Waals surface area (Å²) in [6, 6.07) is 5.12. The third-order valence-corrected chi connectivity index (χ3v) is 3.98. The van der Waals surface area contributed by atoms with Crippen molar-refractivity contribution in [1.82, 2.24) is 19.9 Å². The Hall–Kier alpha value is -4.25.